The van der Waals surface area contributed by atoms with Crippen molar-refractivity contribution < 1.29 is 9.53 Å². The molecule has 0 saturated heterocycles. The largest absolute Gasteiger partial charge is 0.492 e. The first-order valence-electron chi connectivity index (χ1n) is 7.48. The van der Waals surface area contributed by atoms with Crippen LogP contribution >= 0.6 is 0 Å². The van der Waals surface area contributed by atoms with E-state index in [1.54, 1.807) is 13.8 Å². The number of H-pyrrole nitrogens is 1. The van der Waals surface area contributed by atoms with Gasteiger partial charge >= 0.3 is 5.69 Å². The minimum absolute atomic E-state index is 0.127. The third-order valence-electron chi connectivity index (χ3n) is 3.50. The quantitative estimate of drug-likeness (QED) is 0.790. The fraction of sp³-hybridized carbons (Fsp3) is 0.353. The molecule has 122 valence electrons. The van der Waals surface area contributed by atoms with E-state index < -0.39 is 5.69 Å². The van der Waals surface area contributed by atoms with Gasteiger partial charge < -0.3 is 15.0 Å². The molecule has 0 unspecified atom stereocenters. The van der Waals surface area contributed by atoms with Crippen LogP contribution in [0.2, 0.25) is 0 Å². The highest BCUT2D eigenvalue weighted by molar-refractivity contribution is 5.79. The zero-order chi connectivity index (χ0) is 16.8. The third-order valence-corrected chi connectivity index (χ3v) is 3.50. The summed E-state index contributed by atoms with van der Waals surface area (Å²) in [6, 6.07) is 7.75. The van der Waals surface area contributed by atoms with E-state index in [1.165, 1.54) is 5.56 Å². The normalized spacial score (nSPS) is 10.4. The number of amides is 1. The van der Waals surface area contributed by atoms with Crippen LogP contribution < -0.4 is 15.7 Å². The second-order valence-electron chi connectivity index (χ2n) is 5.42. The Bertz CT molecular complexity index is 709. The van der Waals surface area contributed by atoms with Gasteiger partial charge in [0.1, 0.15) is 12.4 Å². The summed E-state index contributed by atoms with van der Waals surface area (Å²) in [5, 5.41) is 2.80. The van der Waals surface area contributed by atoms with Crippen molar-refractivity contribution in [2.24, 2.45) is 0 Å². The molecule has 0 aliphatic carbocycles. The molecule has 6 heteroatoms. The number of ether oxygens (including phenoxy) is 1. The fourth-order valence-corrected chi connectivity index (χ4v) is 2.23. The van der Waals surface area contributed by atoms with Crippen molar-refractivity contribution in [1.82, 2.24) is 15.3 Å². The molecule has 2 N–H and O–H groups in total. The molecule has 0 aliphatic rings. The highest BCUT2D eigenvalue weighted by Gasteiger charge is 2.10. The van der Waals surface area contributed by atoms with Crippen molar-refractivity contribution in [1.29, 1.82) is 0 Å². The number of hydrogen-bond acceptors (Lipinski definition) is 4. The number of aromatic nitrogens is 2. The third kappa shape index (κ3) is 4.95. The molecule has 2 aromatic rings. The minimum Gasteiger partial charge on any atom is -0.492 e. The zero-order valence-corrected chi connectivity index (χ0v) is 13.6. The Morgan fingerprint density at radius 1 is 1.22 bits per heavy atom. The lowest BCUT2D eigenvalue weighted by atomic mass is 10.1. The second kappa shape index (κ2) is 7.58. The average molecular weight is 315 g/mol. The summed E-state index contributed by atoms with van der Waals surface area (Å²) in [7, 11) is 0. The van der Waals surface area contributed by atoms with Gasteiger partial charge in [0.15, 0.2) is 0 Å². The van der Waals surface area contributed by atoms with E-state index in [0.717, 1.165) is 11.3 Å². The van der Waals surface area contributed by atoms with Crippen molar-refractivity contribution in [2.45, 2.75) is 27.2 Å². The van der Waals surface area contributed by atoms with E-state index in [2.05, 4.69) is 15.3 Å². The molecular weight excluding hydrogens is 294 g/mol. The Hall–Kier alpha value is -2.63. The number of hydrogen-bond donors (Lipinski definition) is 2. The molecule has 0 radical (unpaired) electrons. The summed E-state index contributed by atoms with van der Waals surface area (Å²) in [5.41, 5.74) is 2.79. The van der Waals surface area contributed by atoms with Gasteiger partial charge in [-0.15, -0.1) is 0 Å². The molecule has 23 heavy (non-hydrogen) atoms. The Morgan fingerprint density at radius 2 is 1.91 bits per heavy atom. The average Bonchev–Trinajstić information content (AvgIpc) is 2.49. The smallest absolute Gasteiger partial charge is 0.345 e. The highest BCUT2D eigenvalue weighted by atomic mass is 16.5. The number of nitrogens with zero attached hydrogens (tertiary/aromatic N) is 1. The predicted molar refractivity (Wildman–Crippen MR) is 87.7 cm³/mol. The van der Waals surface area contributed by atoms with Gasteiger partial charge in [0.2, 0.25) is 5.91 Å². The summed E-state index contributed by atoms with van der Waals surface area (Å²) in [6.07, 6.45) is 0.186. The van der Waals surface area contributed by atoms with Crippen molar-refractivity contribution in [3.05, 3.63) is 57.3 Å². The summed E-state index contributed by atoms with van der Waals surface area (Å²) in [4.78, 5) is 29.6. The van der Waals surface area contributed by atoms with Gasteiger partial charge in [-0.2, -0.15) is 4.98 Å². The molecule has 1 aromatic heterocycles. The predicted octanol–water partition coefficient (Wildman–Crippen LogP) is 1.43. The van der Waals surface area contributed by atoms with Crippen LogP contribution in [-0.2, 0) is 11.2 Å². The van der Waals surface area contributed by atoms with Gasteiger partial charge in [-0.25, -0.2) is 4.79 Å². The number of aromatic amines is 1. The molecule has 0 saturated carbocycles. The lowest BCUT2D eigenvalue weighted by molar-refractivity contribution is -0.120. The van der Waals surface area contributed by atoms with Crippen molar-refractivity contribution >= 4 is 5.91 Å². The monoisotopic (exact) mass is 315 g/mol. The Kier molecular flexibility index (Phi) is 5.51. The first kappa shape index (κ1) is 16.7. The lowest BCUT2D eigenvalue weighted by Gasteiger charge is -2.10. The first-order valence-corrected chi connectivity index (χ1v) is 7.48. The molecule has 0 bridgehead atoms. The maximum absolute atomic E-state index is 12.0. The molecule has 0 aliphatic heterocycles. The first-order chi connectivity index (χ1) is 11.0. The summed E-state index contributed by atoms with van der Waals surface area (Å²) in [6.45, 7) is 6.32. The summed E-state index contributed by atoms with van der Waals surface area (Å²) >= 11 is 0. The number of rotatable bonds is 6. The molecule has 1 amide bonds. The second-order valence-corrected chi connectivity index (χ2v) is 5.42. The standard InChI is InChI=1S/C17H21N3O3/c1-11-4-6-14(7-5-11)23-9-8-18-16(21)10-15-12(2)19-17(22)20-13(15)3/h4-7H,8-10H2,1-3H3,(H,18,21)(H,19,20,22). The molecule has 1 heterocycles. The summed E-state index contributed by atoms with van der Waals surface area (Å²) in [5.74, 6) is 0.652. The van der Waals surface area contributed by atoms with Crippen molar-refractivity contribution in [3.8, 4) is 5.75 Å². The van der Waals surface area contributed by atoms with Gasteiger partial charge in [-0.3, -0.25) is 4.79 Å². The number of aryl methyl sites for hydroxylation is 3. The van der Waals surface area contributed by atoms with E-state index in [1.807, 2.05) is 31.2 Å². The van der Waals surface area contributed by atoms with Gasteiger partial charge in [0.25, 0.3) is 0 Å². The molecule has 0 fully saturated rings. The van der Waals surface area contributed by atoms with E-state index in [9.17, 15) is 9.59 Å². The maximum atomic E-state index is 12.0. The van der Waals surface area contributed by atoms with Crippen LogP contribution in [0, 0.1) is 20.8 Å². The Balaban J connectivity index is 1.79. The fourth-order valence-electron chi connectivity index (χ4n) is 2.23. The van der Waals surface area contributed by atoms with E-state index in [4.69, 9.17) is 4.74 Å². The van der Waals surface area contributed by atoms with Crippen molar-refractivity contribution in [2.75, 3.05) is 13.2 Å². The van der Waals surface area contributed by atoms with E-state index in [0.29, 0.717) is 24.5 Å². The molecule has 0 spiro atoms. The molecular formula is C17H21N3O3. The molecule has 2 rings (SSSR count). The number of carbonyl (C=O) groups is 1. The Morgan fingerprint density at radius 3 is 2.57 bits per heavy atom. The van der Waals surface area contributed by atoms with Crippen LogP contribution in [0.1, 0.15) is 22.5 Å². The number of carbonyl (C=O) groups excluding carboxylic acids is 1. The van der Waals surface area contributed by atoms with Crippen LogP contribution in [0.5, 0.6) is 5.75 Å². The number of benzene rings is 1. The van der Waals surface area contributed by atoms with Gasteiger partial charge in [0, 0.05) is 17.0 Å². The SMILES string of the molecule is Cc1ccc(OCCNC(=O)Cc2c(C)nc(=O)[nH]c2C)cc1. The van der Waals surface area contributed by atoms with Crippen molar-refractivity contribution in [3.63, 3.8) is 0 Å². The van der Waals surface area contributed by atoms with Crippen LogP contribution in [0.4, 0.5) is 0 Å². The topological polar surface area (TPSA) is 84.1 Å². The summed E-state index contributed by atoms with van der Waals surface area (Å²) < 4.78 is 5.55. The van der Waals surface area contributed by atoms with Crippen LogP contribution in [0.15, 0.2) is 29.1 Å². The highest BCUT2D eigenvalue weighted by Crippen LogP contribution is 2.11. The van der Waals surface area contributed by atoms with Crippen LogP contribution in [-0.4, -0.2) is 29.0 Å². The van der Waals surface area contributed by atoms with E-state index >= 15 is 0 Å². The van der Waals surface area contributed by atoms with E-state index in [-0.39, 0.29) is 12.3 Å². The van der Waals surface area contributed by atoms with Crippen LogP contribution in [0.25, 0.3) is 0 Å². The number of nitrogens with one attached hydrogen (secondary N) is 2. The van der Waals surface area contributed by atoms with Gasteiger partial charge in [0.05, 0.1) is 13.0 Å². The van der Waals surface area contributed by atoms with Crippen LogP contribution in [0.3, 0.4) is 0 Å². The molecule has 1 aromatic carbocycles. The van der Waals surface area contributed by atoms with Gasteiger partial charge in [-0.05, 0) is 32.9 Å². The zero-order valence-electron chi connectivity index (χ0n) is 13.6. The maximum Gasteiger partial charge on any atom is 0.345 e. The lowest BCUT2D eigenvalue weighted by Crippen LogP contribution is -2.30. The minimum atomic E-state index is -0.393. The van der Waals surface area contributed by atoms with Gasteiger partial charge in [-0.1, -0.05) is 17.7 Å². The molecule has 0 atom stereocenters. The molecule has 6 nitrogen and oxygen atoms in total. The Labute approximate surface area is 134 Å².